The minimum Gasteiger partial charge on any atom is -0.497 e. The van der Waals surface area contributed by atoms with Crippen molar-refractivity contribution in [3.63, 3.8) is 0 Å². The molecule has 1 atom stereocenters. The van der Waals surface area contributed by atoms with E-state index in [1.165, 1.54) is 31.4 Å². The van der Waals surface area contributed by atoms with Gasteiger partial charge in [-0.05, 0) is 39.0 Å². The van der Waals surface area contributed by atoms with Crippen molar-refractivity contribution in [3.05, 3.63) is 59.7 Å². The van der Waals surface area contributed by atoms with E-state index in [0.717, 1.165) is 4.90 Å². The van der Waals surface area contributed by atoms with E-state index < -0.39 is 23.3 Å². The Balaban J connectivity index is 2.18. The van der Waals surface area contributed by atoms with Crippen molar-refractivity contribution >= 4 is 17.7 Å². The van der Waals surface area contributed by atoms with Crippen LogP contribution in [0.15, 0.2) is 48.5 Å². The summed E-state index contributed by atoms with van der Waals surface area (Å²) >= 11 is 0. The van der Waals surface area contributed by atoms with Gasteiger partial charge in [-0.1, -0.05) is 30.3 Å². The number of benzene rings is 2. The molecule has 5 nitrogen and oxygen atoms in total. The van der Waals surface area contributed by atoms with Crippen LogP contribution in [-0.2, 0) is 15.2 Å². The van der Waals surface area contributed by atoms with Crippen LogP contribution < -0.4 is 9.64 Å². The summed E-state index contributed by atoms with van der Waals surface area (Å²) in [5.41, 5.74) is -2.97. The topological polar surface area (TPSA) is 55.8 Å². The number of ether oxygens (including phenoxy) is 2. The number of alkyl halides is 1. The zero-order valence-electron chi connectivity index (χ0n) is 15.1. The van der Waals surface area contributed by atoms with Gasteiger partial charge in [0.15, 0.2) is 0 Å². The SMILES string of the molecule is COc1ccc2c(c1)[C@@](F)(c1ccccc1)C(=O)N2C(=O)OC(C)(C)C. The molecule has 0 radical (unpaired) electrons. The summed E-state index contributed by atoms with van der Waals surface area (Å²) in [6.45, 7) is 5.04. The molecule has 1 heterocycles. The van der Waals surface area contributed by atoms with Crippen LogP contribution in [0.25, 0.3) is 0 Å². The molecule has 0 aliphatic carbocycles. The highest BCUT2D eigenvalue weighted by Crippen LogP contribution is 2.48. The van der Waals surface area contributed by atoms with Gasteiger partial charge in [-0.15, -0.1) is 0 Å². The van der Waals surface area contributed by atoms with Gasteiger partial charge in [0, 0.05) is 11.1 Å². The van der Waals surface area contributed by atoms with Crippen molar-refractivity contribution in [2.45, 2.75) is 32.0 Å². The van der Waals surface area contributed by atoms with Gasteiger partial charge in [-0.3, -0.25) is 4.79 Å². The number of halogens is 1. The van der Waals surface area contributed by atoms with Crippen molar-refractivity contribution in [2.24, 2.45) is 0 Å². The summed E-state index contributed by atoms with van der Waals surface area (Å²) in [4.78, 5) is 26.4. The molecule has 26 heavy (non-hydrogen) atoms. The van der Waals surface area contributed by atoms with Crippen LogP contribution in [0.4, 0.5) is 14.9 Å². The molecule has 0 aromatic heterocycles. The van der Waals surface area contributed by atoms with E-state index >= 15 is 4.39 Å². The average Bonchev–Trinajstić information content (AvgIpc) is 2.82. The number of carbonyl (C=O) groups is 2. The molecule has 1 aliphatic heterocycles. The van der Waals surface area contributed by atoms with Crippen LogP contribution in [-0.4, -0.2) is 24.7 Å². The molecular weight excluding hydrogens is 337 g/mol. The first-order valence-electron chi connectivity index (χ1n) is 8.19. The zero-order valence-corrected chi connectivity index (χ0v) is 15.1. The monoisotopic (exact) mass is 357 g/mol. The molecule has 0 fully saturated rings. The quantitative estimate of drug-likeness (QED) is 0.809. The van der Waals surface area contributed by atoms with E-state index in [4.69, 9.17) is 9.47 Å². The van der Waals surface area contributed by atoms with E-state index in [-0.39, 0.29) is 16.8 Å². The molecule has 0 spiro atoms. The third-order valence-corrected chi connectivity index (χ3v) is 4.06. The molecule has 0 N–H and O–H groups in total. The van der Waals surface area contributed by atoms with Gasteiger partial charge in [-0.25, -0.2) is 14.1 Å². The Bertz CT molecular complexity index is 860. The fraction of sp³-hybridized carbons (Fsp3) is 0.300. The largest absolute Gasteiger partial charge is 0.497 e. The van der Waals surface area contributed by atoms with Crippen molar-refractivity contribution in [2.75, 3.05) is 12.0 Å². The van der Waals surface area contributed by atoms with Crippen molar-refractivity contribution < 1.29 is 23.5 Å². The standard InChI is InChI=1S/C20H20FNO4/c1-19(2,3)26-18(24)22-16-11-10-14(25-4)12-15(16)20(21,17(22)23)13-8-6-5-7-9-13/h5-12H,1-4H3/t20-/m0/s1. The zero-order chi connectivity index (χ0) is 19.1. The maximum atomic E-state index is 16.1. The summed E-state index contributed by atoms with van der Waals surface area (Å²) in [5.74, 6) is -0.609. The highest BCUT2D eigenvalue weighted by atomic mass is 19.1. The summed E-state index contributed by atoms with van der Waals surface area (Å²) < 4.78 is 26.6. The predicted molar refractivity (Wildman–Crippen MR) is 95.0 cm³/mol. The van der Waals surface area contributed by atoms with Gasteiger partial charge in [0.05, 0.1) is 12.8 Å². The summed E-state index contributed by atoms with van der Waals surface area (Å²) in [6.07, 6.45) is -0.913. The number of rotatable bonds is 2. The maximum absolute atomic E-state index is 16.1. The van der Waals surface area contributed by atoms with Gasteiger partial charge in [0.25, 0.3) is 5.91 Å². The molecule has 0 saturated carbocycles. The van der Waals surface area contributed by atoms with Gasteiger partial charge >= 0.3 is 6.09 Å². The number of hydrogen-bond donors (Lipinski definition) is 0. The molecule has 1 aliphatic rings. The molecule has 136 valence electrons. The molecule has 2 aromatic rings. The lowest BCUT2D eigenvalue weighted by Gasteiger charge is -2.24. The minimum atomic E-state index is -2.50. The maximum Gasteiger partial charge on any atom is 0.421 e. The number of nitrogens with zero attached hydrogens (tertiary/aromatic N) is 1. The number of methoxy groups -OCH3 is 1. The summed E-state index contributed by atoms with van der Waals surface area (Å²) in [5, 5.41) is 0. The van der Waals surface area contributed by atoms with Crippen LogP contribution >= 0.6 is 0 Å². The van der Waals surface area contributed by atoms with Crippen molar-refractivity contribution in [1.29, 1.82) is 0 Å². The Kier molecular flexibility index (Phi) is 4.22. The highest BCUT2D eigenvalue weighted by Gasteiger charge is 2.56. The molecule has 3 rings (SSSR count). The van der Waals surface area contributed by atoms with E-state index in [1.54, 1.807) is 45.0 Å². The lowest BCUT2D eigenvalue weighted by molar-refractivity contribution is -0.126. The van der Waals surface area contributed by atoms with Gasteiger partial charge in [-0.2, -0.15) is 0 Å². The Morgan fingerprint density at radius 3 is 2.35 bits per heavy atom. The first-order valence-corrected chi connectivity index (χ1v) is 8.19. The van der Waals surface area contributed by atoms with Gasteiger partial charge in [0.1, 0.15) is 11.4 Å². The molecule has 0 saturated heterocycles. The Morgan fingerprint density at radius 1 is 1.12 bits per heavy atom. The summed E-state index contributed by atoms with van der Waals surface area (Å²) in [6, 6.07) is 12.5. The van der Waals surface area contributed by atoms with Crippen LogP contribution in [0.1, 0.15) is 31.9 Å². The molecule has 0 unspecified atom stereocenters. The van der Waals surface area contributed by atoms with Gasteiger partial charge in [0.2, 0.25) is 5.67 Å². The molecule has 0 bridgehead atoms. The molecule has 2 amide bonds. The lowest BCUT2D eigenvalue weighted by Crippen LogP contribution is -2.44. The predicted octanol–water partition coefficient (Wildman–Crippen LogP) is 4.19. The van der Waals surface area contributed by atoms with E-state index in [9.17, 15) is 9.59 Å². The van der Waals surface area contributed by atoms with Crippen molar-refractivity contribution in [3.8, 4) is 5.75 Å². The smallest absolute Gasteiger partial charge is 0.421 e. The number of carbonyl (C=O) groups excluding carboxylic acids is 2. The Hall–Kier alpha value is -2.89. The van der Waals surface area contributed by atoms with Crippen LogP contribution in [0, 0.1) is 0 Å². The fourth-order valence-electron chi connectivity index (χ4n) is 2.93. The number of anilines is 1. The normalized spacial score (nSPS) is 19.3. The number of fused-ring (bicyclic) bond motifs is 1. The molecule has 6 heteroatoms. The third kappa shape index (κ3) is 2.81. The highest BCUT2D eigenvalue weighted by molar-refractivity contribution is 6.21. The minimum absolute atomic E-state index is 0.0545. The summed E-state index contributed by atoms with van der Waals surface area (Å²) in [7, 11) is 1.45. The van der Waals surface area contributed by atoms with Crippen molar-refractivity contribution in [1.82, 2.24) is 0 Å². The number of hydrogen-bond acceptors (Lipinski definition) is 4. The van der Waals surface area contributed by atoms with Crippen LogP contribution in [0.3, 0.4) is 0 Å². The number of amides is 2. The Morgan fingerprint density at radius 2 is 1.77 bits per heavy atom. The molecule has 2 aromatic carbocycles. The van der Waals surface area contributed by atoms with Crippen LogP contribution in [0.2, 0.25) is 0 Å². The first-order chi connectivity index (χ1) is 12.2. The first kappa shape index (κ1) is 17.9. The van der Waals surface area contributed by atoms with Gasteiger partial charge < -0.3 is 9.47 Å². The molecular formula is C20H20FNO4. The average molecular weight is 357 g/mol. The Labute approximate surface area is 151 Å². The second kappa shape index (κ2) is 6.12. The van der Waals surface area contributed by atoms with Crippen LogP contribution in [0.5, 0.6) is 5.75 Å². The van der Waals surface area contributed by atoms with E-state index in [0.29, 0.717) is 5.75 Å². The van der Waals surface area contributed by atoms with E-state index in [1.807, 2.05) is 0 Å². The van der Waals surface area contributed by atoms with E-state index in [2.05, 4.69) is 0 Å². The lowest BCUT2D eigenvalue weighted by atomic mass is 9.89. The number of imide groups is 1. The third-order valence-electron chi connectivity index (χ3n) is 4.06. The second-order valence-corrected chi connectivity index (χ2v) is 7.03. The fourth-order valence-corrected chi connectivity index (χ4v) is 2.93. The second-order valence-electron chi connectivity index (χ2n) is 7.03.